The van der Waals surface area contributed by atoms with Crippen LogP contribution in [0.5, 0.6) is 0 Å². The molecule has 1 saturated heterocycles. The van der Waals surface area contributed by atoms with Gasteiger partial charge in [-0.15, -0.1) is 11.3 Å². The zero-order valence-electron chi connectivity index (χ0n) is 9.52. The molecule has 2 rings (SSSR count). The summed E-state index contributed by atoms with van der Waals surface area (Å²) >= 11 is 3.51. The van der Waals surface area contributed by atoms with E-state index in [2.05, 4.69) is 16.6 Å². The van der Waals surface area contributed by atoms with Crippen LogP contribution in [-0.4, -0.2) is 23.6 Å². The molecule has 16 heavy (non-hydrogen) atoms. The third-order valence-corrected chi connectivity index (χ3v) is 4.36. The predicted molar refractivity (Wildman–Crippen MR) is 70.0 cm³/mol. The van der Waals surface area contributed by atoms with Gasteiger partial charge in [0.2, 0.25) is 0 Å². The smallest absolute Gasteiger partial charge is 0.122 e. The number of thioether (sulfide) groups is 1. The number of nitrogens with zero attached hydrogens (tertiary/aromatic N) is 1. The number of hydrogen-bond donors (Lipinski definition) is 1. The second kappa shape index (κ2) is 6.00. The van der Waals surface area contributed by atoms with Gasteiger partial charge in [0.25, 0.3) is 0 Å². The van der Waals surface area contributed by atoms with E-state index in [1.165, 1.54) is 0 Å². The highest BCUT2D eigenvalue weighted by atomic mass is 32.2. The molecule has 0 aliphatic carbocycles. The number of hydrogen-bond acceptors (Lipinski definition) is 5. The van der Waals surface area contributed by atoms with Crippen molar-refractivity contribution in [3.8, 4) is 0 Å². The van der Waals surface area contributed by atoms with Gasteiger partial charge in [-0.05, 0) is 31.3 Å². The molecule has 1 aliphatic heterocycles. The fourth-order valence-electron chi connectivity index (χ4n) is 1.78. The molecule has 5 heteroatoms. The van der Waals surface area contributed by atoms with E-state index < -0.39 is 0 Å². The molecule has 3 nitrogen and oxygen atoms in total. The topological polar surface area (TPSA) is 48.1 Å². The van der Waals surface area contributed by atoms with E-state index in [0.717, 1.165) is 42.3 Å². The Morgan fingerprint density at radius 3 is 3.31 bits per heavy atom. The third kappa shape index (κ3) is 2.97. The molecule has 2 heterocycles. The lowest BCUT2D eigenvalue weighted by Gasteiger charge is -2.07. The van der Waals surface area contributed by atoms with E-state index in [1.807, 2.05) is 11.8 Å². The Balaban J connectivity index is 1.95. The summed E-state index contributed by atoms with van der Waals surface area (Å²) in [5, 5.41) is 3.19. The highest BCUT2D eigenvalue weighted by Gasteiger charge is 2.21. The van der Waals surface area contributed by atoms with E-state index in [4.69, 9.17) is 10.5 Å². The molecule has 2 atom stereocenters. The molecular weight excluding hydrogens is 240 g/mol. The number of thiazole rings is 1. The fraction of sp³-hybridized carbons (Fsp3) is 0.727. The summed E-state index contributed by atoms with van der Waals surface area (Å²) < 4.78 is 5.62. The summed E-state index contributed by atoms with van der Waals surface area (Å²) in [6.45, 7) is 0.873. The van der Waals surface area contributed by atoms with E-state index in [-0.39, 0.29) is 12.1 Å². The summed E-state index contributed by atoms with van der Waals surface area (Å²) in [5.41, 5.74) is 7.12. The van der Waals surface area contributed by atoms with Gasteiger partial charge in [-0.25, -0.2) is 4.98 Å². The summed E-state index contributed by atoms with van der Waals surface area (Å²) in [7, 11) is 0. The van der Waals surface area contributed by atoms with Crippen molar-refractivity contribution < 1.29 is 4.74 Å². The predicted octanol–water partition coefficient (Wildman–Crippen LogP) is 2.75. The molecule has 2 unspecified atom stereocenters. The molecule has 1 fully saturated rings. The van der Waals surface area contributed by atoms with Gasteiger partial charge < -0.3 is 10.5 Å². The first-order chi connectivity index (χ1) is 7.81. The highest BCUT2D eigenvalue weighted by Crippen LogP contribution is 2.31. The van der Waals surface area contributed by atoms with Gasteiger partial charge in [-0.2, -0.15) is 11.8 Å². The Kier molecular flexibility index (Phi) is 4.64. The van der Waals surface area contributed by atoms with E-state index in [1.54, 1.807) is 11.3 Å². The number of ether oxygens (including phenoxy) is 1. The van der Waals surface area contributed by atoms with Gasteiger partial charge in [0, 0.05) is 18.0 Å². The van der Waals surface area contributed by atoms with Crippen LogP contribution in [0.2, 0.25) is 0 Å². The van der Waals surface area contributed by atoms with Crippen molar-refractivity contribution in [1.29, 1.82) is 0 Å². The SMILES string of the molecule is CSCCC(N)c1csc(C2CCCO2)n1. The molecule has 90 valence electrons. The van der Waals surface area contributed by atoms with Crippen molar-refractivity contribution in [1.82, 2.24) is 4.98 Å². The largest absolute Gasteiger partial charge is 0.371 e. The highest BCUT2D eigenvalue weighted by molar-refractivity contribution is 7.98. The van der Waals surface area contributed by atoms with Crippen LogP contribution in [0.4, 0.5) is 0 Å². The molecule has 1 aromatic rings. The number of aromatic nitrogens is 1. The van der Waals surface area contributed by atoms with Crippen LogP contribution in [0.15, 0.2) is 5.38 Å². The summed E-state index contributed by atoms with van der Waals surface area (Å²) in [6, 6.07) is 0.0823. The lowest BCUT2D eigenvalue weighted by atomic mass is 10.2. The van der Waals surface area contributed by atoms with Crippen molar-refractivity contribution in [3.05, 3.63) is 16.1 Å². The minimum atomic E-state index is 0.0823. The van der Waals surface area contributed by atoms with Gasteiger partial charge >= 0.3 is 0 Å². The fourth-order valence-corrected chi connectivity index (χ4v) is 3.24. The van der Waals surface area contributed by atoms with Crippen LogP contribution in [-0.2, 0) is 4.74 Å². The third-order valence-electron chi connectivity index (χ3n) is 2.76. The maximum atomic E-state index is 6.08. The molecule has 2 N–H and O–H groups in total. The van der Waals surface area contributed by atoms with Crippen LogP contribution in [0.25, 0.3) is 0 Å². The van der Waals surface area contributed by atoms with Crippen molar-refractivity contribution in [2.24, 2.45) is 5.73 Å². The standard InChI is InChI=1S/C11H18N2OS2/c1-15-6-4-8(12)9-7-16-11(13-9)10-3-2-5-14-10/h7-8,10H,2-6,12H2,1H3. The number of rotatable bonds is 5. The van der Waals surface area contributed by atoms with E-state index in [9.17, 15) is 0 Å². The van der Waals surface area contributed by atoms with Gasteiger partial charge in [-0.3, -0.25) is 0 Å². The summed E-state index contributed by atoms with van der Waals surface area (Å²) in [4.78, 5) is 4.60. The molecule has 0 spiro atoms. The molecule has 0 aromatic carbocycles. The monoisotopic (exact) mass is 258 g/mol. The van der Waals surface area contributed by atoms with Crippen molar-refractivity contribution in [2.75, 3.05) is 18.6 Å². The van der Waals surface area contributed by atoms with Crippen LogP contribution >= 0.6 is 23.1 Å². The average molecular weight is 258 g/mol. The lowest BCUT2D eigenvalue weighted by molar-refractivity contribution is 0.111. The van der Waals surface area contributed by atoms with Crippen LogP contribution in [0.3, 0.4) is 0 Å². The maximum absolute atomic E-state index is 6.08. The summed E-state index contributed by atoms with van der Waals surface area (Å²) in [5.74, 6) is 1.09. The van der Waals surface area contributed by atoms with Gasteiger partial charge in [0.15, 0.2) is 0 Å². The zero-order valence-corrected chi connectivity index (χ0v) is 11.1. The first kappa shape index (κ1) is 12.4. The molecule has 1 aliphatic rings. The molecule has 0 bridgehead atoms. The van der Waals surface area contributed by atoms with Gasteiger partial charge in [0.1, 0.15) is 11.1 Å². The molecular formula is C11H18N2OS2. The van der Waals surface area contributed by atoms with Crippen LogP contribution in [0, 0.1) is 0 Å². The van der Waals surface area contributed by atoms with Crippen molar-refractivity contribution in [2.45, 2.75) is 31.4 Å². The molecule has 0 amide bonds. The minimum absolute atomic E-state index is 0.0823. The first-order valence-electron chi connectivity index (χ1n) is 5.62. The Labute approximate surface area is 105 Å². The molecule has 0 saturated carbocycles. The van der Waals surface area contributed by atoms with E-state index in [0.29, 0.717) is 0 Å². The Bertz CT molecular complexity index is 324. The average Bonchev–Trinajstić information content (AvgIpc) is 2.94. The normalized spacial score (nSPS) is 22.5. The lowest BCUT2D eigenvalue weighted by Crippen LogP contribution is -2.12. The van der Waals surface area contributed by atoms with Gasteiger partial charge in [0.05, 0.1) is 5.69 Å². The Morgan fingerprint density at radius 1 is 1.75 bits per heavy atom. The Hall–Kier alpha value is -0.100. The van der Waals surface area contributed by atoms with Crippen molar-refractivity contribution in [3.63, 3.8) is 0 Å². The number of nitrogens with two attached hydrogens (primary N) is 1. The first-order valence-corrected chi connectivity index (χ1v) is 7.90. The quantitative estimate of drug-likeness (QED) is 0.882. The van der Waals surface area contributed by atoms with E-state index >= 15 is 0 Å². The molecule has 0 radical (unpaired) electrons. The van der Waals surface area contributed by atoms with Crippen LogP contribution < -0.4 is 5.73 Å². The summed E-state index contributed by atoms with van der Waals surface area (Å²) in [6.07, 6.45) is 5.58. The van der Waals surface area contributed by atoms with Crippen molar-refractivity contribution >= 4 is 23.1 Å². The van der Waals surface area contributed by atoms with Gasteiger partial charge in [-0.1, -0.05) is 0 Å². The van der Waals surface area contributed by atoms with Crippen LogP contribution in [0.1, 0.15) is 42.1 Å². The second-order valence-corrected chi connectivity index (χ2v) is 5.88. The Morgan fingerprint density at radius 2 is 2.62 bits per heavy atom. The molecule has 1 aromatic heterocycles. The second-order valence-electron chi connectivity index (χ2n) is 4.00. The minimum Gasteiger partial charge on any atom is -0.371 e. The zero-order chi connectivity index (χ0) is 11.4. The maximum Gasteiger partial charge on any atom is 0.122 e.